The van der Waals surface area contributed by atoms with Gasteiger partial charge in [0.25, 0.3) is 5.56 Å². The van der Waals surface area contributed by atoms with Gasteiger partial charge >= 0.3 is 0 Å². The van der Waals surface area contributed by atoms with Gasteiger partial charge < -0.3 is 21.3 Å². The maximum atomic E-state index is 13.5. The summed E-state index contributed by atoms with van der Waals surface area (Å²) in [6.45, 7) is 4.04. The van der Waals surface area contributed by atoms with E-state index < -0.39 is 11.7 Å². The van der Waals surface area contributed by atoms with E-state index in [1.54, 1.807) is 55.7 Å². The minimum absolute atomic E-state index is 0.0370. The minimum Gasteiger partial charge on any atom is -0.368 e. The molecule has 4 amide bonds. The second kappa shape index (κ2) is 17.9. The number of benzene rings is 2. The lowest BCUT2D eigenvalue weighted by atomic mass is 10.2. The van der Waals surface area contributed by atoms with Gasteiger partial charge in [-0.05, 0) is 55.3 Å². The number of rotatable bonds is 8. The Kier molecular flexibility index (Phi) is 15.0. The van der Waals surface area contributed by atoms with E-state index >= 15 is 0 Å². The topological polar surface area (TPSA) is 144 Å². The zero-order chi connectivity index (χ0) is 30.1. The third kappa shape index (κ3) is 11.9. The van der Waals surface area contributed by atoms with Crippen LogP contribution >= 0.6 is 11.6 Å². The predicted molar refractivity (Wildman–Crippen MR) is 154 cm³/mol. The lowest BCUT2D eigenvalue weighted by Crippen LogP contribution is -2.36. The fraction of sp³-hybridized carbons (Fsp3) is 0.250. The van der Waals surface area contributed by atoms with Gasteiger partial charge in [0.2, 0.25) is 24.6 Å². The van der Waals surface area contributed by atoms with Crippen molar-refractivity contribution in [2.75, 3.05) is 24.2 Å². The van der Waals surface area contributed by atoms with Gasteiger partial charge in [-0.3, -0.25) is 28.5 Å². The van der Waals surface area contributed by atoms with E-state index in [0.717, 1.165) is 18.5 Å². The first-order chi connectivity index (χ1) is 19.2. The van der Waals surface area contributed by atoms with Crippen molar-refractivity contribution in [1.29, 1.82) is 0 Å². The summed E-state index contributed by atoms with van der Waals surface area (Å²) in [6.07, 6.45) is 4.49. The summed E-state index contributed by atoms with van der Waals surface area (Å²) in [4.78, 5) is 54.6. The number of likely N-dealkylation sites (N-methyl/N-ethyl adjacent to an activating group) is 1. The Labute approximate surface area is 236 Å². The first-order valence-corrected chi connectivity index (χ1v) is 12.7. The molecule has 0 radical (unpaired) electrons. The minimum atomic E-state index is -0.592. The van der Waals surface area contributed by atoms with Crippen LogP contribution in [-0.2, 0) is 19.2 Å². The summed E-state index contributed by atoms with van der Waals surface area (Å²) in [5, 5.41) is 5.39. The number of nitrogens with two attached hydrogens (primary N) is 1. The van der Waals surface area contributed by atoms with Crippen LogP contribution in [-0.4, -0.2) is 47.7 Å². The summed E-state index contributed by atoms with van der Waals surface area (Å²) in [6, 6.07) is 15.7. The summed E-state index contributed by atoms with van der Waals surface area (Å²) in [5.41, 5.74) is 5.90. The number of hydrogen-bond acceptors (Lipinski definition) is 5. The molecule has 40 heavy (non-hydrogen) atoms. The average molecular weight is 574 g/mol. The third-order valence-corrected chi connectivity index (χ3v) is 5.29. The van der Waals surface area contributed by atoms with E-state index in [9.17, 15) is 28.4 Å². The van der Waals surface area contributed by atoms with Gasteiger partial charge in [-0.1, -0.05) is 31.5 Å². The number of anilines is 2. The van der Waals surface area contributed by atoms with Gasteiger partial charge in [-0.15, -0.1) is 0 Å². The van der Waals surface area contributed by atoms with Gasteiger partial charge in [0.15, 0.2) is 0 Å². The van der Waals surface area contributed by atoms with Crippen molar-refractivity contribution in [3.8, 4) is 5.69 Å². The molecule has 10 nitrogen and oxygen atoms in total. The zero-order valence-electron chi connectivity index (χ0n) is 22.5. The maximum absolute atomic E-state index is 13.5. The third-order valence-electron chi connectivity index (χ3n) is 5.03. The highest BCUT2D eigenvalue weighted by molar-refractivity contribution is 6.30. The number of halogens is 2. The summed E-state index contributed by atoms with van der Waals surface area (Å²) in [5.74, 6) is -0.838. The van der Waals surface area contributed by atoms with Crippen LogP contribution in [0.15, 0.2) is 71.7 Å². The standard InChI is InChI=1S/C12H9FN2O2.C7H6ClNO.C7H12N2O2.C2H6/c13-10-7-9(4-5-11(10)14-8-16)15-6-2-1-3-12(15)17;8-6-1-3-7(4-2-6)9-5-10;1-9(4-6(8)10)7(11)5-2-3-5;1-2/h1-8H,(H,14,16);1-5H,(H,9,10);5H,2-4H2,1H3,(H2,8,10);1-2H3. The van der Waals surface area contributed by atoms with Crippen LogP contribution in [0, 0.1) is 11.7 Å². The van der Waals surface area contributed by atoms with Crippen molar-refractivity contribution >= 4 is 47.6 Å². The quantitative estimate of drug-likeness (QED) is 0.351. The lowest BCUT2D eigenvalue weighted by molar-refractivity contribution is -0.134. The largest absolute Gasteiger partial charge is 0.368 e. The highest BCUT2D eigenvalue weighted by Gasteiger charge is 2.32. The Bertz CT molecular complexity index is 1310. The fourth-order valence-electron chi connectivity index (χ4n) is 3.04. The van der Waals surface area contributed by atoms with Crippen LogP contribution in [0.3, 0.4) is 0 Å². The molecule has 0 bridgehead atoms. The molecule has 12 heteroatoms. The summed E-state index contributed by atoms with van der Waals surface area (Å²) < 4.78 is 14.8. The molecular formula is C28H33ClFN5O5. The summed E-state index contributed by atoms with van der Waals surface area (Å²) >= 11 is 5.60. The number of nitrogens with zero attached hydrogens (tertiary/aromatic N) is 2. The number of nitrogens with one attached hydrogen (secondary N) is 2. The van der Waals surface area contributed by atoms with Gasteiger partial charge in [0.05, 0.1) is 17.9 Å². The molecule has 1 aromatic heterocycles. The second-order valence-electron chi connectivity index (χ2n) is 8.04. The molecule has 1 aliphatic rings. The van der Waals surface area contributed by atoms with E-state index in [0.29, 0.717) is 23.5 Å². The first kappa shape index (κ1) is 33.5. The van der Waals surface area contributed by atoms with Gasteiger partial charge in [-0.2, -0.15) is 0 Å². The van der Waals surface area contributed by atoms with Crippen molar-refractivity contribution in [2.24, 2.45) is 11.7 Å². The normalized spacial score (nSPS) is 11.0. The van der Waals surface area contributed by atoms with Crippen LogP contribution in [0.2, 0.25) is 5.02 Å². The molecule has 0 aliphatic heterocycles. The molecule has 0 saturated heterocycles. The number of pyridine rings is 1. The Balaban J connectivity index is 0.000000304. The Morgan fingerprint density at radius 1 is 1.05 bits per heavy atom. The highest BCUT2D eigenvalue weighted by atomic mass is 35.5. The maximum Gasteiger partial charge on any atom is 0.255 e. The fourth-order valence-corrected chi connectivity index (χ4v) is 3.17. The van der Waals surface area contributed by atoms with Gasteiger partial charge in [0, 0.05) is 42.0 Å². The number of hydrogen-bond donors (Lipinski definition) is 3. The molecule has 4 N–H and O–H groups in total. The molecule has 1 saturated carbocycles. The molecule has 0 spiro atoms. The van der Waals surface area contributed by atoms with Crippen LogP contribution in [0.25, 0.3) is 5.69 Å². The molecule has 1 heterocycles. The Morgan fingerprint density at radius 3 is 2.17 bits per heavy atom. The van der Waals surface area contributed by atoms with Crippen molar-refractivity contribution in [2.45, 2.75) is 26.7 Å². The Morgan fingerprint density at radius 2 is 1.68 bits per heavy atom. The van der Waals surface area contributed by atoms with Crippen molar-refractivity contribution in [1.82, 2.24) is 9.47 Å². The molecule has 1 aliphatic carbocycles. The van der Waals surface area contributed by atoms with E-state index in [1.165, 1.54) is 27.7 Å². The average Bonchev–Trinajstić information content (AvgIpc) is 3.79. The second-order valence-corrected chi connectivity index (χ2v) is 8.48. The van der Waals surface area contributed by atoms with Crippen molar-refractivity contribution < 1.29 is 23.6 Å². The number of carbonyl (C=O) groups excluding carboxylic acids is 4. The Hall–Kier alpha value is -4.51. The monoisotopic (exact) mass is 573 g/mol. The smallest absolute Gasteiger partial charge is 0.255 e. The summed E-state index contributed by atoms with van der Waals surface area (Å²) in [7, 11) is 1.60. The van der Waals surface area contributed by atoms with E-state index in [4.69, 9.17) is 17.3 Å². The molecule has 1 fully saturated rings. The predicted octanol–water partition coefficient (Wildman–Crippen LogP) is 3.82. The van der Waals surface area contributed by atoms with E-state index in [1.807, 2.05) is 13.8 Å². The van der Waals surface area contributed by atoms with Crippen LogP contribution in [0.5, 0.6) is 0 Å². The van der Waals surface area contributed by atoms with Crippen LogP contribution < -0.4 is 21.9 Å². The van der Waals surface area contributed by atoms with Crippen LogP contribution in [0.4, 0.5) is 15.8 Å². The molecule has 214 valence electrons. The lowest BCUT2D eigenvalue weighted by Gasteiger charge is -2.13. The SMILES string of the molecule is CC.CN(CC(N)=O)C(=O)C1CC1.O=CNc1ccc(-n2ccccc2=O)cc1F.O=CNc1ccc(Cl)cc1. The highest BCUT2D eigenvalue weighted by Crippen LogP contribution is 2.30. The molecule has 3 aromatic rings. The van der Waals surface area contributed by atoms with E-state index in [2.05, 4.69) is 10.6 Å². The molecular weight excluding hydrogens is 541 g/mol. The number of aromatic nitrogens is 1. The van der Waals surface area contributed by atoms with Gasteiger partial charge in [0.1, 0.15) is 5.82 Å². The molecule has 4 rings (SSSR count). The first-order valence-electron chi connectivity index (χ1n) is 12.3. The number of carbonyl (C=O) groups is 4. The molecule has 0 unspecified atom stereocenters. The zero-order valence-corrected chi connectivity index (χ0v) is 23.2. The number of amides is 4. The van der Waals surface area contributed by atoms with Crippen molar-refractivity contribution in [3.63, 3.8) is 0 Å². The van der Waals surface area contributed by atoms with E-state index in [-0.39, 0.29) is 29.6 Å². The molecule has 2 aromatic carbocycles. The van der Waals surface area contributed by atoms with Crippen molar-refractivity contribution in [3.05, 3.63) is 88.1 Å². The van der Waals surface area contributed by atoms with Crippen LogP contribution in [0.1, 0.15) is 26.7 Å². The number of primary amides is 1. The molecule has 0 atom stereocenters. The van der Waals surface area contributed by atoms with Gasteiger partial charge in [-0.25, -0.2) is 4.39 Å².